The molecule has 92 valence electrons. The summed E-state index contributed by atoms with van der Waals surface area (Å²) in [6.45, 7) is 4.90. The number of hydrogen-bond donors (Lipinski definition) is 1. The first-order valence-corrected chi connectivity index (χ1v) is 6.33. The number of carbonyl (C=O) groups excluding carboxylic acids is 1. The van der Waals surface area contributed by atoms with Gasteiger partial charge in [0.2, 0.25) is 0 Å². The Morgan fingerprint density at radius 2 is 1.88 bits per heavy atom. The van der Waals surface area contributed by atoms with Crippen molar-refractivity contribution in [1.29, 1.82) is 0 Å². The van der Waals surface area contributed by atoms with Gasteiger partial charge < -0.3 is 5.32 Å². The van der Waals surface area contributed by atoms with Crippen LogP contribution in [0.3, 0.4) is 0 Å². The number of carbonyl (C=O) groups is 1. The average Bonchev–Trinajstić information content (AvgIpc) is 2.38. The maximum atomic E-state index is 12.0. The first kappa shape index (κ1) is 13.5. The van der Waals surface area contributed by atoms with Gasteiger partial charge in [0.25, 0.3) is 5.91 Å². The molecule has 1 amide bonds. The molecule has 0 aliphatic carbocycles. The van der Waals surface area contributed by atoms with Crippen molar-refractivity contribution in [2.75, 3.05) is 6.54 Å². The summed E-state index contributed by atoms with van der Waals surface area (Å²) in [7, 11) is 0. The molecule has 0 aromatic heterocycles. The summed E-state index contributed by atoms with van der Waals surface area (Å²) < 4.78 is 0. The summed E-state index contributed by atoms with van der Waals surface area (Å²) >= 11 is 0. The van der Waals surface area contributed by atoms with Crippen LogP contribution in [-0.2, 0) is 4.79 Å². The van der Waals surface area contributed by atoms with Gasteiger partial charge in [-0.15, -0.1) is 0 Å². The van der Waals surface area contributed by atoms with Crippen molar-refractivity contribution in [2.24, 2.45) is 0 Å². The first-order chi connectivity index (χ1) is 8.29. The van der Waals surface area contributed by atoms with Gasteiger partial charge in [-0.1, -0.05) is 56.7 Å². The molecule has 1 N–H and O–H groups in total. The van der Waals surface area contributed by atoms with E-state index in [-0.39, 0.29) is 5.91 Å². The summed E-state index contributed by atoms with van der Waals surface area (Å²) in [5.74, 6) is 0.0338. The lowest BCUT2D eigenvalue weighted by Gasteiger charge is -2.08. The molecule has 0 bridgehead atoms. The van der Waals surface area contributed by atoms with E-state index < -0.39 is 0 Å². The molecule has 0 radical (unpaired) electrons. The highest BCUT2D eigenvalue weighted by Gasteiger charge is 2.09. The smallest absolute Gasteiger partial charge is 0.251 e. The van der Waals surface area contributed by atoms with E-state index in [1.165, 1.54) is 0 Å². The Morgan fingerprint density at radius 1 is 1.18 bits per heavy atom. The molecule has 1 aromatic carbocycles. The Balaban J connectivity index is 2.85. The van der Waals surface area contributed by atoms with E-state index in [1.54, 1.807) is 0 Å². The second kappa shape index (κ2) is 7.66. The van der Waals surface area contributed by atoms with Gasteiger partial charge in [-0.05, 0) is 18.4 Å². The monoisotopic (exact) mass is 231 g/mol. The number of rotatable bonds is 6. The lowest BCUT2D eigenvalue weighted by atomic mass is 10.0. The molecule has 17 heavy (non-hydrogen) atoms. The van der Waals surface area contributed by atoms with Crippen LogP contribution in [0.1, 0.15) is 38.7 Å². The van der Waals surface area contributed by atoms with E-state index in [0.29, 0.717) is 0 Å². The Labute approximate surface area is 104 Å². The van der Waals surface area contributed by atoms with Crippen LogP contribution in [-0.4, -0.2) is 12.5 Å². The van der Waals surface area contributed by atoms with Crippen LogP contribution in [0.15, 0.2) is 36.4 Å². The molecule has 0 atom stereocenters. The summed E-state index contributed by atoms with van der Waals surface area (Å²) in [6.07, 6.45) is 4.98. The summed E-state index contributed by atoms with van der Waals surface area (Å²) in [5.41, 5.74) is 1.79. The van der Waals surface area contributed by atoms with Gasteiger partial charge in [-0.25, -0.2) is 0 Å². The highest BCUT2D eigenvalue weighted by molar-refractivity contribution is 6.19. The summed E-state index contributed by atoms with van der Waals surface area (Å²) in [4.78, 5) is 12.0. The zero-order valence-corrected chi connectivity index (χ0v) is 10.7. The molecule has 0 aliphatic heterocycles. The first-order valence-electron chi connectivity index (χ1n) is 6.33. The van der Waals surface area contributed by atoms with Crippen molar-refractivity contribution < 1.29 is 4.79 Å². The molecule has 0 fully saturated rings. The fourth-order valence-corrected chi connectivity index (χ4v) is 1.58. The molecule has 0 spiro atoms. The van der Waals surface area contributed by atoms with E-state index in [1.807, 2.05) is 36.4 Å². The highest BCUT2D eigenvalue weighted by Crippen LogP contribution is 2.15. The molecule has 0 heterocycles. The second-order valence-corrected chi connectivity index (χ2v) is 4.03. The van der Waals surface area contributed by atoms with Crippen molar-refractivity contribution in [3.8, 4) is 0 Å². The largest absolute Gasteiger partial charge is 0.352 e. The third-order valence-corrected chi connectivity index (χ3v) is 2.50. The number of nitrogens with one attached hydrogen (secondary N) is 1. The maximum absolute atomic E-state index is 12.0. The van der Waals surface area contributed by atoms with Gasteiger partial charge in [0.15, 0.2) is 0 Å². The number of hydrogen-bond acceptors (Lipinski definition) is 1. The van der Waals surface area contributed by atoms with E-state index in [9.17, 15) is 4.79 Å². The third-order valence-electron chi connectivity index (χ3n) is 2.50. The molecule has 1 rings (SSSR count). The van der Waals surface area contributed by atoms with Crippen LogP contribution in [0.2, 0.25) is 0 Å². The molecule has 0 aliphatic rings. The number of benzene rings is 1. The fraction of sp³-hybridized carbons (Fsp3) is 0.400. The third kappa shape index (κ3) is 4.43. The SMILES string of the molecule is CCCC=C(C(=O)NCCC)c1ccccc1. The van der Waals surface area contributed by atoms with Gasteiger partial charge in [-0.2, -0.15) is 0 Å². The second-order valence-electron chi connectivity index (χ2n) is 4.03. The van der Waals surface area contributed by atoms with Crippen molar-refractivity contribution >= 4 is 11.5 Å². The Kier molecular flexibility index (Phi) is 6.08. The standard InChI is InChI=1S/C15H21NO/c1-3-5-11-14(15(17)16-12-4-2)13-9-7-6-8-10-13/h6-11H,3-5,12H2,1-2H3,(H,16,17). The van der Waals surface area contributed by atoms with E-state index in [2.05, 4.69) is 19.2 Å². The van der Waals surface area contributed by atoms with Crippen molar-refractivity contribution in [1.82, 2.24) is 5.32 Å². The van der Waals surface area contributed by atoms with Crippen LogP contribution in [0.25, 0.3) is 5.57 Å². The van der Waals surface area contributed by atoms with E-state index in [4.69, 9.17) is 0 Å². The highest BCUT2D eigenvalue weighted by atomic mass is 16.1. The van der Waals surface area contributed by atoms with Crippen LogP contribution >= 0.6 is 0 Å². The lowest BCUT2D eigenvalue weighted by Crippen LogP contribution is -2.25. The number of allylic oxidation sites excluding steroid dienone is 1. The number of unbranched alkanes of at least 4 members (excludes halogenated alkanes) is 1. The molecule has 0 saturated heterocycles. The fourth-order valence-electron chi connectivity index (χ4n) is 1.58. The molecule has 1 aromatic rings. The molecule has 0 saturated carbocycles. The minimum absolute atomic E-state index is 0.0338. The quantitative estimate of drug-likeness (QED) is 0.747. The topological polar surface area (TPSA) is 29.1 Å². The minimum Gasteiger partial charge on any atom is -0.352 e. The van der Waals surface area contributed by atoms with Crippen molar-refractivity contribution in [2.45, 2.75) is 33.1 Å². The molecule has 2 heteroatoms. The van der Waals surface area contributed by atoms with Gasteiger partial charge in [0.05, 0.1) is 0 Å². The van der Waals surface area contributed by atoms with Crippen LogP contribution < -0.4 is 5.32 Å². The van der Waals surface area contributed by atoms with Gasteiger partial charge in [0, 0.05) is 12.1 Å². The normalized spacial score (nSPS) is 11.3. The Bertz CT molecular complexity index is 368. The van der Waals surface area contributed by atoms with Gasteiger partial charge in [0.1, 0.15) is 0 Å². The Morgan fingerprint density at radius 3 is 2.47 bits per heavy atom. The zero-order valence-electron chi connectivity index (χ0n) is 10.7. The maximum Gasteiger partial charge on any atom is 0.251 e. The van der Waals surface area contributed by atoms with Crippen molar-refractivity contribution in [3.63, 3.8) is 0 Å². The van der Waals surface area contributed by atoms with E-state index in [0.717, 1.165) is 36.9 Å². The van der Waals surface area contributed by atoms with E-state index >= 15 is 0 Å². The summed E-state index contributed by atoms with van der Waals surface area (Å²) in [5, 5.41) is 2.93. The minimum atomic E-state index is 0.0338. The van der Waals surface area contributed by atoms with Crippen LogP contribution in [0, 0.1) is 0 Å². The zero-order chi connectivity index (χ0) is 12.5. The Hall–Kier alpha value is -1.57. The van der Waals surface area contributed by atoms with Crippen LogP contribution in [0.5, 0.6) is 0 Å². The van der Waals surface area contributed by atoms with Crippen LogP contribution in [0.4, 0.5) is 0 Å². The van der Waals surface area contributed by atoms with Crippen molar-refractivity contribution in [3.05, 3.63) is 42.0 Å². The molecular weight excluding hydrogens is 210 g/mol. The molecule has 0 unspecified atom stereocenters. The average molecular weight is 231 g/mol. The predicted molar refractivity (Wildman–Crippen MR) is 72.6 cm³/mol. The molecule has 2 nitrogen and oxygen atoms in total. The molecular formula is C15H21NO. The predicted octanol–water partition coefficient (Wildman–Crippen LogP) is 3.40. The van der Waals surface area contributed by atoms with Gasteiger partial charge in [-0.3, -0.25) is 4.79 Å². The number of amides is 1. The summed E-state index contributed by atoms with van der Waals surface area (Å²) in [6, 6.07) is 9.84. The van der Waals surface area contributed by atoms with Gasteiger partial charge >= 0.3 is 0 Å². The lowest BCUT2D eigenvalue weighted by molar-refractivity contribution is -0.115.